The van der Waals surface area contributed by atoms with E-state index in [0.717, 1.165) is 0 Å². The third-order valence-electron chi connectivity index (χ3n) is 5.14. The summed E-state index contributed by atoms with van der Waals surface area (Å²) in [6.45, 7) is 4.06. The SMILES string of the molecule is CCOc1cccc(OCC)c1C(=O)P(=O)(C(=O)c1c(OC)cccc1OC)c1ccccc1. The second kappa shape index (κ2) is 11.0. The molecule has 0 N–H and O–H groups in total. The van der Waals surface area contributed by atoms with Crippen LogP contribution in [-0.4, -0.2) is 38.5 Å². The fraction of sp³-hybridized carbons (Fsp3) is 0.231. The van der Waals surface area contributed by atoms with Crippen LogP contribution in [0.2, 0.25) is 0 Å². The first-order chi connectivity index (χ1) is 16.4. The number of methoxy groups -OCH3 is 2. The molecule has 0 bridgehead atoms. The molecule has 8 heteroatoms. The van der Waals surface area contributed by atoms with E-state index in [-0.39, 0.29) is 52.6 Å². The Hall–Kier alpha value is -3.57. The molecule has 3 aromatic rings. The van der Waals surface area contributed by atoms with E-state index in [1.165, 1.54) is 26.4 Å². The highest BCUT2D eigenvalue weighted by atomic mass is 31.2. The van der Waals surface area contributed by atoms with Crippen molar-refractivity contribution in [2.24, 2.45) is 0 Å². The van der Waals surface area contributed by atoms with Gasteiger partial charge in [-0.15, -0.1) is 0 Å². The molecule has 0 saturated heterocycles. The maximum Gasteiger partial charge on any atom is 0.249 e. The van der Waals surface area contributed by atoms with Crippen LogP contribution < -0.4 is 24.3 Å². The summed E-state index contributed by atoms with van der Waals surface area (Å²) in [6, 6.07) is 17.6. The van der Waals surface area contributed by atoms with E-state index in [2.05, 4.69) is 0 Å². The zero-order valence-corrected chi connectivity index (χ0v) is 20.5. The van der Waals surface area contributed by atoms with Crippen molar-refractivity contribution >= 4 is 23.5 Å². The van der Waals surface area contributed by atoms with Crippen LogP contribution in [-0.2, 0) is 4.57 Å². The third kappa shape index (κ3) is 4.57. The number of rotatable bonds is 11. The van der Waals surface area contributed by atoms with Gasteiger partial charge in [-0.25, -0.2) is 0 Å². The Morgan fingerprint density at radius 3 is 1.47 bits per heavy atom. The van der Waals surface area contributed by atoms with Crippen molar-refractivity contribution in [3.05, 3.63) is 77.9 Å². The highest BCUT2D eigenvalue weighted by molar-refractivity contribution is 8.01. The van der Waals surface area contributed by atoms with E-state index in [1.54, 1.807) is 68.4 Å². The summed E-state index contributed by atoms with van der Waals surface area (Å²) in [6.07, 6.45) is 0. The molecule has 3 rings (SSSR count). The normalized spacial score (nSPS) is 12.4. The molecule has 7 nitrogen and oxygen atoms in total. The van der Waals surface area contributed by atoms with Crippen molar-refractivity contribution in [1.82, 2.24) is 0 Å². The quantitative estimate of drug-likeness (QED) is 0.349. The fourth-order valence-electron chi connectivity index (χ4n) is 3.61. The summed E-state index contributed by atoms with van der Waals surface area (Å²) in [5, 5.41) is 0.0895. The van der Waals surface area contributed by atoms with Crippen molar-refractivity contribution in [3.8, 4) is 23.0 Å². The summed E-state index contributed by atoms with van der Waals surface area (Å²) in [4.78, 5) is 28.2. The lowest BCUT2D eigenvalue weighted by molar-refractivity contribution is 0.103. The van der Waals surface area contributed by atoms with E-state index >= 15 is 0 Å². The number of carbonyl (C=O) groups is 2. The Morgan fingerprint density at radius 2 is 1.06 bits per heavy atom. The molecule has 0 spiro atoms. The number of benzene rings is 3. The molecule has 0 aromatic heterocycles. The first kappa shape index (κ1) is 25.1. The van der Waals surface area contributed by atoms with Gasteiger partial charge in [0.2, 0.25) is 18.2 Å². The van der Waals surface area contributed by atoms with Gasteiger partial charge in [-0.2, -0.15) is 0 Å². The average Bonchev–Trinajstić information content (AvgIpc) is 2.88. The minimum absolute atomic E-state index is 0.0411. The van der Waals surface area contributed by atoms with E-state index in [4.69, 9.17) is 18.9 Å². The van der Waals surface area contributed by atoms with E-state index in [1.807, 2.05) is 0 Å². The second-order valence-electron chi connectivity index (χ2n) is 7.09. The van der Waals surface area contributed by atoms with Gasteiger partial charge in [0.25, 0.3) is 0 Å². The summed E-state index contributed by atoms with van der Waals surface area (Å²) in [7, 11) is -1.70. The molecule has 0 aliphatic carbocycles. The van der Waals surface area contributed by atoms with Crippen molar-refractivity contribution in [3.63, 3.8) is 0 Å². The zero-order valence-electron chi connectivity index (χ0n) is 19.6. The molecular weight excluding hydrogens is 455 g/mol. The highest BCUT2D eigenvalue weighted by Gasteiger charge is 2.47. The highest BCUT2D eigenvalue weighted by Crippen LogP contribution is 2.55. The van der Waals surface area contributed by atoms with Crippen LogP contribution >= 0.6 is 7.14 Å². The Bertz CT molecular complexity index is 1170. The van der Waals surface area contributed by atoms with Gasteiger partial charge < -0.3 is 23.5 Å². The first-order valence-electron chi connectivity index (χ1n) is 10.8. The number of hydrogen-bond donors (Lipinski definition) is 0. The topological polar surface area (TPSA) is 88.1 Å². The molecule has 1 unspecified atom stereocenters. The molecule has 34 heavy (non-hydrogen) atoms. The number of carbonyl (C=O) groups excluding carboxylic acids is 2. The van der Waals surface area contributed by atoms with E-state index < -0.39 is 18.2 Å². The lowest BCUT2D eigenvalue weighted by atomic mass is 10.2. The zero-order chi connectivity index (χ0) is 24.7. The Labute approximate surface area is 199 Å². The summed E-state index contributed by atoms with van der Waals surface area (Å²) in [5.74, 6) is 0.677. The number of ether oxygens (including phenoxy) is 4. The second-order valence-corrected chi connectivity index (χ2v) is 9.64. The van der Waals surface area contributed by atoms with Gasteiger partial charge in [0.15, 0.2) is 0 Å². The third-order valence-corrected chi connectivity index (χ3v) is 7.75. The molecule has 178 valence electrons. The predicted octanol–water partition coefficient (Wildman–Crippen LogP) is 5.17. The van der Waals surface area contributed by atoms with Crippen LogP contribution in [0.4, 0.5) is 0 Å². The lowest BCUT2D eigenvalue weighted by Crippen LogP contribution is -2.22. The lowest BCUT2D eigenvalue weighted by Gasteiger charge is -2.21. The minimum Gasteiger partial charge on any atom is -0.496 e. The predicted molar refractivity (Wildman–Crippen MR) is 131 cm³/mol. The first-order valence-corrected chi connectivity index (χ1v) is 12.5. The van der Waals surface area contributed by atoms with Gasteiger partial charge in [-0.3, -0.25) is 9.59 Å². The molecule has 0 radical (unpaired) electrons. The van der Waals surface area contributed by atoms with Gasteiger partial charge in [0.05, 0.1) is 27.4 Å². The fourth-order valence-corrected chi connectivity index (χ4v) is 5.93. The minimum atomic E-state index is -4.48. The number of hydrogen-bond acceptors (Lipinski definition) is 7. The van der Waals surface area contributed by atoms with Gasteiger partial charge in [0, 0.05) is 5.30 Å². The summed E-state index contributed by atoms with van der Waals surface area (Å²) < 4.78 is 36.8. The van der Waals surface area contributed by atoms with Gasteiger partial charge in [-0.1, -0.05) is 42.5 Å². The molecule has 0 heterocycles. The Balaban J connectivity index is 2.33. The molecule has 0 saturated carbocycles. The summed E-state index contributed by atoms with van der Waals surface area (Å²) >= 11 is 0. The smallest absolute Gasteiger partial charge is 0.249 e. The Morgan fingerprint density at radius 1 is 0.647 bits per heavy atom. The standard InChI is InChI=1S/C26H27O7P/c1-5-32-21-16-11-17-22(33-6-2)24(21)26(28)34(29,18-12-8-7-9-13-18)25(27)23-19(30-3)14-10-15-20(23)31-4/h7-17H,5-6H2,1-4H3. The van der Waals surface area contributed by atoms with Crippen LogP contribution in [0.15, 0.2) is 66.7 Å². The largest absolute Gasteiger partial charge is 0.496 e. The molecule has 0 aliphatic heterocycles. The van der Waals surface area contributed by atoms with Gasteiger partial charge in [0.1, 0.15) is 34.1 Å². The van der Waals surface area contributed by atoms with Crippen molar-refractivity contribution in [1.29, 1.82) is 0 Å². The molecule has 1 atom stereocenters. The van der Waals surface area contributed by atoms with Gasteiger partial charge in [-0.05, 0) is 38.1 Å². The van der Waals surface area contributed by atoms with Crippen molar-refractivity contribution in [2.45, 2.75) is 13.8 Å². The molecule has 0 aliphatic rings. The summed E-state index contributed by atoms with van der Waals surface area (Å²) in [5.41, 5.74) is -1.89. The van der Waals surface area contributed by atoms with Crippen LogP contribution in [0.5, 0.6) is 23.0 Å². The molecular formula is C26H27O7P. The van der Waals surface area contributed by atoms with Crippen LogP contribution in [0.3, 0.4) is 0 Å². The average molecular weight is 482 g/mol. The maximum atomic E-state index is 14.7. The van der Waals surface area contributed by atoms with Crippen LogP contribution in [0.25, 0.3) is 0 Å². The molecule has 0 fully saturated rings. The maximum absolute atomic E-state index is 14.7. The van der Waals surface area contributed by atoms with E-state index in [9.17, 15) is 14.2 Å². The molecule has 0 amide bonds. The van der Waals surface area contributed by atoms with Crippen LogP contribution in [0.1, 0.15) is 34.6 Å². The van der Waals surface area contributed by atoms with E-state index in [0.29, 0.717) is 0 Å². The monoisotopic (exact) mass is 482 g/mol. The van der Waals surface area contributed by atoms with Crippen molar-refractivity contribution < 1.29 is 33.1 Å². The van der Waals surface area contributed by atoms with Gasteiger partial charge >= 0.3 is 0 Å². The van der Waals surface area contributed by atoms with Crippen LogP contribution in [0, 0.1) is 0 Å². The Kier molecular flexibility index (Phi) is 8.13. The molecule has 3 aromatic carbocycles. The van der Waals surface area contributed by atoms with Crippen molar-refractivity contribution in [2.75, 3.05) is 27.4 Å².